The molecule has 28 heavy (non-hydrogen) atoms. The highest BCUT2D eigenvalue weighted by molar-refractivity contribution is 6.34. The van der Waals surface area contributed by atoms with E-state index >= 15 is 0 Å². The molecule has 0 radical (unpaired) electrons. The maximum atomic E-state index is 12.7. The van der Waals surface area contributed by atoms with Gasteiger partial charge >= 0.3 is 5.97 Å². The zero-order chi connectivity index (χ0) is 20.3. The summed E-state index contributed by atoms with van der Waals surface area (Å²) in [6.45, 7) is 3.83. The molecule has 8 heteroatoms. The molecule has 0 atom stereocenters. The highest BCUT2D eigenvalue weighted by atomic mass is 35.5. The predicted octanol–water partition coefficient (Wildman–Crippen LogP) is 2.96. The third kappa shape index (κ3) is 4.26. The fourth-order valence-electron chi connectivity index (χ4n) is 3.14. The summed E-state index contributed by atoms with van der Waals surface area (Å²) < 4.78 is 0. The molecule has 0 saturated carbocycles. The van der Waals surface area contributed by atoms with Gasteiger partial charge in [0.25, 0.3) is 5.91 Å². The number of rotatable bonds is 4. The highest BCUT2D eigenvalue weighted by Gasteiger charge is 2.22. The third-order valence-electron chi connectivity index (χ3n) is 4.68. The van der Waals surface area contributed by atoms with Crippen LogP contribution < -0.4 is 10.2 Å². The van der Waals surface area contributed by atoms with Crippen LogP contribution in [0.15, 0.2) is 42.5 Å². The van der Waals surface area contributed by atoms with E-state index in [-0.39, 0.29) is 11.5 Å². The van der Waals surface area contributed by atoms with E-state index in [2.05, 4.69) is 5.32 Å². The topological polar surface area (TPSA) is 90.0 Å². The molecule has 3 rings (SSSR count). The fourth-order valence-corrected chi connectivity index (χ4v) is 3.36. The molecule has 1 aliphatic heterocycles. The Balaban J connectivity index is 1.89. The van der Waals surface area contributed by atoms with E-state index in [0.29, 0.717) is 48.1 Å². The lowest BCUT2D eigenvalue weighted by atomic mass is 10.1. The largest absolute Gasteiger partial charge is 0.478 e. The molecule has 7 nitrogen and oxygen atoms in total. The quantitative estimate of drug-likeness (QED) is 0.822. The molecule has 1 saturated heterocycles. The molecular weight excluding hydrogens is 382 g/mol. The standard InChI is InChI=1S/C20H20ClN3O4/c1-13(25)23-8-10-24(11-9-23)18-7-6-14(20(27)28)12-17(18)22-19(26)15-4-2-3-5-16(15)21/h2-7,12H,8-11H2,1H3,(H,22,26)(H,27,28). The SMILES string of the molecule is CC(=O)N1CCN(c2ccc(C(=O)O)cc2NC(=O)c2ccccc2Cl)CC1. The summed E-state index contributed by atoms with van der Waals surface area (Å²) in [5, 5.41) is 12.4. The van der Waals surface area contributed by atoms with Gasteiger partial charge in [0.15, 0.2) is 0 Å². The van der Waals surface area contributed by atoms with E-state index < -0.39 is 11.9 Å². The number of benzene rings is 2. The van der Waals surface area contributed by atoms with Crippen molar-refractivity contribution in [1.29, 1.82) is 0 Å². The number of amides is 2. The summed E-state index contributed by atoms with van der Waals surface area (Å²) in [5.41, 5.74) is 1.47. The maximum absolute atomic E-state index is 12.7. The molecule has 2 aromatic rings. The van der Waals surface area contributed by atoms with Crippen LogP contribution in [0.1, 0.15) is 27.6 Å². The lowest BCUT2D eigenvalue weighted by Crippen LogP contribution is -2.48. The zero-order valence-electron chi connectivity index (χ0n) is 15.3. The Bertz CT molecular complexity index is 923. The van der Waals surface area contributed by atoms with E-state index in [4.69, 9.17) is 11.6 Å². The first-order chi connectivity index (χ1) is 13.4. The Labute approximate surface area is 167 Å². The van der Waals surface area contributed by atoms with Crippen LogP contribution >= 0.6 is 11.6 Å². The summed E-state index contributed by atoms with van der Waals surface area (Å²) in [4.78, 5) is 39.4. The molecule has 2 N–H and O–H groups in total. The molecule has 2 aromatic carbocycles. The van der Waals surface area contributed by atoms with Gasteiger partial charge in [-0.15, -0.1) is 0 Å². The molecule has 0 bridgehead atoms. The summed E-state index contributed by atoms with van der Waals surface area (Å²) in [6, 6.07) is 11.3. The second-order valence-electron chi connectivity index (χ2n) is 6.46. The second kappa shape index (κ2) is 8.31. The number of carboxylic acid groups (broad SMARTS) is 1. The lowest BCUT2D eigenvalue weighted by molar-refractivity contribution is -0.129. The highest BCUT2D eigenvalue weighted by Crippen LogP contribution is 2.29. The molecule has 0 spiro atoms. The fraction of sp³-hybridized carbons (Fsp3) is 0.250. The Hall–Kier alpha value is -3.06. The number of nitrogens with one attached hydrogen (secondary N) is 1. The van der Waals surface area contributed by atoms with Crippen molar-refractivity contribution < 1.29 is 19.5 Å². The number of nitrogens with zero attached hydrogens (tertiary/aromatic N) is 2. The van der Waals surface area contributed by atoms with E-state index in [9.17, 15) is 19.5 Å². The number of carbonyl (C=O) groups is 3. The van der Waals surface area contributed by atoms with Gasteiger partial charge in [-0.05, 0) is 30.3 Å². The molecule has 2 amide bonds. The number of hydrogen-bond donors (Lipinski definition) is 2. The van der Waals surface area contributed by atoms with Crippen LogP contribution in [-0.4, -0.2) is 54.0 Å². The minimum atomic E-state index is -1.08. The van der Waals surface area contributed by atoms with Crippen molar-refractivity contribution in [3.8, 4) is 0 Å². The summed E-state index contributed by atoms with van der Waals surface area (Å²) in [5.74, 6) is -1.48. The van der Waals surface area contributed by atoms with Gasteiger partial charge in [-0.25, -0.2) is 4.79 Å². The molecule has 0 aromatic heterocycles. The van der Waals surface area contributed by atoms with Crippen LogP contribution in [0.2, 0.25) is 5.02 Å². The van der Waals surface area contributed by atoms with Gasteiger partial charge in [-0.3, -0.25) is 9.59 Å². The number of aromatic carboxylic acids is 1. The molecule has 0 aliphatic carbocycles. The molecule has 1 aliphatic rings. The number of piperazine rings is 1. The first kappa shape index (κ1) is 19.7. The third-order valence-corrected chi connectivity index (χ3v) is 5.01. The van der Waals surface area contributed by atoms with Gasteiger partial charge < -0.3 is 20.2 Å². The van der Waals surface area contributed by atoms with Crippen molar-refractivity contribution in [3.05, 3.63) is 58.6 Å². The number of halogens is 1. The van der Waals surface area contributed by atoms with Crippen LogP contribution in [0, 0.1) is 0 Å². The first-order valence-electron chi connectivity index (χ1n) is 8.80. The van der Waals surface area contributed by atoms with Crippen LogP contribution in [-0.2, 0) is 4.79 Å². The minimum Gasteiger partial charge on any atom is -0.478 e. The van der Waals surface area contributed by atoms with E-state index in [1.807, 2.05) is 4.90 Å². The van der Waals surface area contributed by atoms with Gasteiger partial charge in [0.05, 0.1) is 27.5 Å². The molecular formula is C20H20ClN3O4. The van der Waals surface area contributed by atoms with E-state index in [1.165, 1.54) is 19.1 Å². The second-order valence-corrected chi connectivity index (χ2v) is 6.87. The van der Waals surface area contributed by atoms with Crippen LogP contribution in [0.3, 0.4) is 0 Å². The maximum Gasteiger partial charge on any atom is 0.335 e. The molecule has 146 valence electrons. The Kier molecular flexibility index (Phi) is 5.84. The van der Waals surface area contributed by atoms with Gasteiger partial charge in [-0.1, -0.05) is 23.7 Å². The average molecular weight is 402 g/mol. The Morgan fingerprint density at radius 3 is 2.32 bits per heavy atom. The number of carbonyl (C=O) groups excluding carboxylic acids is 2. The summed E-state index contributed by atoms with van der Waals surface area (Å²) in [7, 11) is 0. The van der Waals surface area contributed by atoms with E-state index in [1.54, 1.807) is 35.2 Å². The van der Waals surface area contributed by atoms with Crippen molar-refractivity contribution in [3.63, 3.8) is 0 Å². The van der Waals surface area contributed by atoms with Crippen molar-refractivity contribution in [2.24, 2.45) is 0 Å². The van der Waals surface area contributed by atoms with Gasteiger partial charge in [0, 0.05) is 33.1 Å². The van der Waals surface area contributed by atoms with Gasteiger partial charge in [-0.2, -0.15) is 0 Å². The lowest BCUT2D eigenvalue weighted by Gasteiger charge is -2.36. The van der Waals surface area contributed by atoms with Crippen LogP contribution in [0.4, 0.5) is 11.4 Å². The van der Waals surface area contributed by atoms with E-state index in [0.717, 1.165) is 0 Å². The van der Waals surface area contributed by atoms with Crippen molar-refractivity contribution in [2.75, 3.05) is 36.4 Å². The van der Waals surface area contributed by atoms with Crippen molar-refractivity contribution in [1.82, 2.24) is 4.90 Å². The molecule has 0 unspecified atom stereocenters. The number of hydrogen-bond acceptors (Lipinski definition) is 4. The average Bonchev–Trinajstić information content (AvgIpc) is 2.68. The normalized spacial score (nSPS) is 13.9. The van der Waals surface area contributed by atoms with Crippen molar-refractivity contribution in [2.45, 2.75) is 6.92 Å². The zero-order valence-corrected chi connectivity index (χ0v) is 16.1. The Morgan fingerprint density at radius 2 is 1.71 bits per heavy atom. The van der Waals surface area contributed by atoms with Gasteiger partial charge in [0.1, 0.15) is 0 Å². The first-order valence-corrected chi connectivity index (χ1v) is 9.18. The monoisotopic (exact) mass is 401 g/mol. The van der Waals surface area contributed by atoms with Crippen molar-refractivity contribution >= 4 is 40.8 Å². The molecule has 1 fully saturated rings. The summed E-state index contributed by atoms with van der Waals surface area (Å²) >= 11 is 6.10. The smallest absolute Gasteiger partial charge is 0.335 e. The van der Waals surface area contributed by atoms with Crippen LogP contribution in [0.5, 0.6) is 0 Å². The van der Waals surface area contributed by atoms with Gasteiger partial charge in [0.2, 0.25) is 5.91 Å². The van der Waals surface area contributed by atoms with Crippen LogP contribution in [0.25, 0.3) is 0 Å². The molecule has 1 heterocycles. The minimum absolute atomic E-state index is 0.0214. The number of anilines is 2. The Morgan fingerprint density at radius 1 is 1.04 bits per heavy atom. The summed E-state index contributed by atoms with van der Waals surface area (Å²) in [6.07, 6.45) is 0. The predicted molar refractivity (Wildman–Crippen MR) is 107 cm³/mol. The number of carboxylic acids is 1.